The molecule has 0 saturated heterocycles. The second kappa shape index (κ2) is 5.83. The summed E-state index contributed by atoms with van der Waals surface area (Å²) in [7, 11) is 1.74. The highest BCUT2D eigenvalue weighted by molar-refractivity contribution is 4.99. The summed E-state index contributed by atoms with van der Waals surface area (Å²) in [6.45, 7) is 5.04. The van der Waals surface area contributed by atoms with Crippen molar-refractivity contribution in [2.45, 2.75) is 26.7 Å². The molecule has 0 heterocycles. The van der Waals surface area contributed by atoms with Crippen molar-refractivity contribution < 1.29 is 4.74 Å². The van der Waals surface area contributed by atoms with Gasteiger partial charge in [0.1, 0.15) is 0 Å². The number of ether oxygens (including phenoxy) is 1. The molecule has 0 fully saturated rings. The van der Waals surface area contributed by atoms with Gasteiger partial charge in [-0.15, -0.1) is 0 Å². The van der Waals surface area contributed by atoms with Crippen LogP contribution in [0.5, 0.6) is 0 Å². The summed E-state index contributed by atoms with van der Waals surface area (Å²) >= 11 is 0. The van der Waals surface area contributed by atoms with Crippen LogP contribution >= 0.6 is 0 Å². The van der Waals surface area contributed by atoms with Crippen LogP contribution in [0.2, 0.25) is 0 Å². The van der Waals surface area contributed by atoms with Crippen molar-refractivity contribution in [2.24, 2.45) is 0 Å². The Morgan fingerprint density at radius 2 is 2.22 bits per heavy atom. The predicted octanol–water partition coefficient (Wildman–Crippen LogP) is 2.38. The molecule has 1 nitrogen and oxygen atoms in total. The van der Waals surface area contributed by atoms with Crippen molar-refractivity contribution in [1.82, 2.24) is 0 Å². The first-order valence-corrected chi connectivity index (χ1v) is 3.48. The molecule has 0 saturated carbocycles. The highest BCUT2D eigenvalue weighted by Crippen LogP contribution is 2.03. The summed E-state index contributed by atoms with van der Waals surface area (Å²) in [4.78, 5) is 0. The molecule has 0 aliphatic rings. The number of allylic oxidation sites excluding steroid dienone is 1. The van der Waals surface area contributed by atoms with Gasteiger partial charge in [-0.2, -0.15) is 0 Å². The smallest absolute Gasteiger partial charge is 0.0672 e. The van der Waals surface area contributed by atoms with Crippen LogP contribution in [0.1, 0.15) is 26.7 Å². The van der Waals surface area contributed by atoms with E-state index in [0.717, 1.165) is 6.61 Å². The van der Waals surface area contributed by atoms with E-state index < -0.39 is 0 Å². The molecule has 0 rings (SSSR count). The first-order chi connectivity index (χ1) is 4.35. The van der Waals surface area contributed by atoms with E-state index in [-0.39, 0.29) is 0 Å². The van der Waals surface area contributed by atoms with Crippen molar-refractivity contribution in [3.8, 4) is 0 Å². The molecule has 0 atom stereocenters. The highest BCUT2D eigenvalue weighted by Gasteiger charge is 1.90. The summed E-state index contributed by atoms with van der Waals surface area (Å²) in [6, 6.07) is 0. The van der Waals surface area contributed by atoms with E-state index in [2.05, 4.69) is 19.9 Å². The Kier molecular flexibility index (Phi) is 5.64. The number of rotatable bonds is 4. The molecule has 1 heteroatoms. The van der Waals surface area contributed by atoms with E-state index in [1.165, 1.54) is 18.4 Å². The van der Waals surface area contributed by atoms with Gasteiger partial charge < -0.3 is 4.74 Å². The molecule has 9 heavy (non-hydrogen) atoms. The van der Waals surface area contributed by atoms with Crippen LogP contribution < -0.4 is 0 Å². The molecule has 0 amide bonds. The van der Waals surface area contributed by atoms with E-state index in [1.54, 1.807) is 7.11 Å². The summed E-state index contributed by atoms with van der Waals surface area (Å²) in [5.74, 6) is 0. The van der Waals surface area contributed by atoms with Gasteiger partial charge in [-0.05, 0) is 18.9 Å². The Hall–Kier alpha value is -0.300. The molecule has 0 aromatic rings. The van der Waals surface area contributed by atoms with Crippen LogP contribution in [0.25, 0.3) is 0 Å². The van der Waals surface area contributed by atoms with Crippen LogP contribution in [0, 0.1) is 0 Å². The molecule has 0 aliphatic heterocycles. The van der Waals surface area contributed by atoms with Gasteiger partial charge in [-0.25, -0.2) is 0 Å². The minimum Gasteiger partial charge on any atom is -0.380 e. The van der Waals surface area contributed by atoms with Crippen LogP contribution in [0.4, 0.5) is 0 Å². The van der Waals surface area contributed by atoms with Crippen LogP contribution in [-0.4, -0.2) is 13.7 Å². The van der Waals surface area contributed by atoms with Gasteiger partial charge in [-0.1, -0.05) is 19.4 Å². The monoisotopic (exact) mass is 128 g/mol. The second-order valence-corrected chi connectivity index (χ2v) is 2.13. The fourth-order valence-electron chi connectivity index (χ4n) is 0.806. The molecule has 0 radical (unpaired) electrons. The largest absolute Gasteiger partial charge is 0.380 e. The van der Waals surface area contributed by atoms with Gasteiger partial charge in [0.05, 0.1) is 6.61 Å². The Labute approximate surface area is 57.7 Å². The zero-order valence-corrected chi connectivity index (χ0v) is 6.61. The van der Waals surface area contributed by atoms with E-state index in [0.29, 0.717) is 0 Å². The molecule has 0 spiro atoms. The fourth-order valence-corrected chi connectivity index (χ4v) is 0.806. The lowest BCUT2D eigenvalue weighted by Gasteiger charge is -2.01. The summed E-state index contributed by atoms with van der Waals surface area (Å²) in [5.41, 5.74) is 1.40. The average molecular weight is 128 g/mol. The second-order valence-electron chi connectivity index (χ2n) is 2.13. The molecular weight excluding hydrogens is 112 g/mol. The molecular formula is C8H16O. The summed E-state index contributed by atoms with van der Waals surface area (Å²) in [6.07, 6.45) is 4.51. The van der Waals surface area contributed by atoms with Crippen LogP contribution in [0.3, 0.4) is 0 Å². The lowest BCUT2D eigenvalue weighted by atomic mass is 10.1. The number of methoxy groups -OCH3 is 1. The highest BCUT2D eigenvalue weighted by atomic mass is 16.5. The van der Waals surface area contributed by atoms with E-state index in [4.69, 9.17) is 4.74 Å². The van der Waals surface area contributed by atoms with Gasteiger partial charge in [0.25, 0.3) is 0 Å². The van der Waals surface area contributed by atoms with Gasteiger partial charge in [0, 0.05) is 7.11 Å². The third-order valence-electron chi connectivity index (χ3n) is 1.31. The first-order valence-electron chi connectivity index (χ1n) is 3.48. The topological polar surface area (TPSA) is 9.23 Å². The minimum atomic E-state index is 0.796. The maximum atomic E-state index is 4.98. The van der Waals surface area contributed by atoms with Gasteiger partial charge in [0.15, 0.2) is 0 Å². The van der Waals surface area contributed by atoms with Gasteiger partial charge in [-0.3, -0.25) is 0 Å². The van der Waals surface area contributed by atoms with Crippen LogP contribution in [0.15, 0.2) is 11.6 Å². The van der Waals surface area contributed by atoms with E-state index >= 15 is 0 Å². The van der Waals surface area contributed by atoms with Crippen molar-refractivity contribution in [3.05, 3.63) is 11.6 Å². The Morgan fingerprint density at radius 3 is 2.56 bits per heavy atom. The van der Waals surface area contributed by atoms with E-state index in [9.17, 15) is 0 Å². The number of hydrogen-bond donors (Lipinski definition) is 0. The molecule has 54 valence electrons. The maximum Gasteiger partial charge on any atom is 0.0672 e. The zero-order chi connectivity index (χ0) is 7.11. The Bertz CT molecular complexity index is 76.6. The molecule has 0 unspecified atom stereocenters. The quantitative estimate of drug-likeness (QED) is 0.528. The number of hydrogen-bond acceptors (Lipinski definition) is 1. The molecule has 0 aromatic carbocycles. The summed E-state index contributed by atoms with van der Waals surface area (Å²) in [5, 5.41) is 0. The maximum absolute atomic E-state index is 4.98. The molecule has 0 aromatic heterocycles. The summed E-state index contributed by atoms with van der Waals surface area (Å²) < 4.78 is 4.98. The molecule has 0 bridgehead atoms. The SMILES string of the molecule is CC=C(CCC)COC. The van der Waals surface area contributed by atoms with Gasteiger partial charge in [0.2, 0.25) is 0 Å². The predicted molar refractivity (Wildman–Crippen MR) is 40.5 cm³/mol. The Balaban J connectivity index is 3.43. The normalized spacial score (nSPS) is 12.1. The van der Waals surface area contributed by atoms with Crippen molar-refractivity contribution in [1.29, 1.82) is 0 Å². The minimum absolute atomic E-state index is 0.796. The lowest BCUT2D eigenvalue weighted by molar-refractivity contribution is 0.222. The standard InChI is InChI=1S/C8H16O/c1-4-6-8(5-2)7-9-3/h5H,4,6-7H2,1-3H3. The third-order valence-corrected chi connectivity index (χ3v) is 1.31. The van der Waals surface area contributed by atoms with Gasteiger partial charge >= 0.3 is 0 Å². The van der Waals surface area contributed by atoms with E-state index in [1.807, 2.05) is 0 Å². The van der Waals surface area contributed by atoms with Crippen LogP contribution in [-0.2, 0) is 4.74 Å². The average Bonchev–Trinajstić information content (AvgIpc) is 1.88. The zero-order valence-electron chi connectivity index (χ0n) is 6.61. The third kappa shape index (κ3) is 4.22. The fraction of sp³-hybridized carbons (Fsp3) is 0.750. The Morgan fingerprint density at radius 1 is 1.56 bits per heavy atom. The van der Waals surface area contributed by atoms with Crippen molar-refractivity contribution >= 4 is 0 Å². The molecule has 0 aliphatic carbocycles. The first kappa shape index (κ1) is 8.70. The van der Waals surface area contributed by atoms with Crippen molar-refractivity contribution in [3.63, 3.8) is 0 Å². The molecule has 0 N–H and O–H groups in total. The lowest BCUT2D eigenvalue weighted by Crippen LogP contribution is -1.92. The van der Waals surface area contributed by atoms with Crippen molar-refractivity contribution in [2.75, 3.05) is 13.7 Å².